The summed E-state index contributed by atoms with van der Waals surface area (Å²) in [6.45, 7) is 4.57. The highest BCUT2D eigenvalue weighted by molar-refractivity contribution is 6.01. The van der Waals surface area contributed by atoms with Crippen molar-refractivity contribution in [2.75, 3.05) is 31.7 Å². The van der Waals surface area contributed by atoms with Gasteiger partial charge in [-0.25, -0.2) is 0 Å². The van der Waals surface area contributed by atoms with Gasteiger partial charge in [-0.1, -0.05) is 13.8 Å². The lowest BCUT2D eigenvalue weighted by Gasteiger charge is -2.31. The van der Waals surface area contributed by atoms with Gasteiger partial charge in [-0.05, 0) is 43.0 Å². The molecule has 0 spiro atoms. The molecule has 0 radical (unpaired) electrons. The number of hydrogen-bond acceptors (Lipinski definition) is 5. The molecule has 1 aromatic carbocycles. The Balaban J connectivity index is 1.66. The number of rotatable bonds is 7. The average molecular weight is 418 g/mol. The van der Waals surface area contributed by atoms with Crippen LogP contribution >= 0.6 is 0 Å². The Morgan fingerprint density at radius 1 is 1.27 bits per heavy atom. The van der Waals surface area contributed by atoms with Gasteiger partial charge in [0.25, 0.3) is 0 Å². The van der Waals surface area contributed by atoms with E-state index in [-0.39, 0.29) is 49.3 Å². The number of anilines is 1. The van der Waals surface area contributed by atoms with Crippen molar-refractivity contribution in [3.8, 4) is 5.75 Å². The number of nitrogens with one attached hydrogen (secondary N) is 1. The van der Waals surface area contributed by atoms with E-state index in [1.54, 1.807) is 41.2 Å². The molecule has 2 fully saturated rings. The van der Waals surface area contributed by atoms with Crippen molar-refractivity contribution < 1.29 is 24.2 Å². The molecule has 30 heavy (non-hydrogen) atoms. The van der Waals surface area contributed by atoms with Gasteiger partial charge in [0.2, 0.25) is 17.7 Å². The Bertz CT molecular complexity index is 779. The van der Waals surface area contributed by atoms with Gasteiger partial charge in [0.1, 0.15) is 11.8 Å². The molecule has 2 aliphatic heterocycles. The standard InChI is InChI=1S/C22H31N3O5/c1-14(2)20(22(29)24-10-4-5-17(24)13-26)23-21(28)15-11-19(27)25(12-15)16-6-8-18(30-3)9-7-16/h6-9,14-15,17,20,26H,4-5,10-13H2,1-3H3,(H,23,28)/t15-,17+,20+/m1/s1. The molecular weight excluding hydrogens is 386 g/mol. The van der Waals surface area contributed by atoms with E-state index in [4.69, 9.17) is 4.74 Å². The number of aliphatic hydroxyl groups excluding tert-OH is 1. The number of amides is 3. The molecule has 0 aliphatic carbocycles. The minimum absolute atomic E-state index is 0.0710. The van der Waals surface area contributed by atoms with E-state index in [9.17, 15) is 19.5 Å². The molecule has 1 aromatic rings. The second kappa shape index (κ2) is 9.47. The van der Waals surface area contributed by atoms with Gasteiger partial charge in [0, 0.05) is 25.2 Å². The normalized spacial score (nSPS) is 22.5. The monoisotopic (exact) mass is 417 g/mol. The van der Waals surface area contributed by atoms with Crippen LogP contribution in [0.4, 0.5) is 5.69 Å². The van der Waals surface area contributed by atoms with E-state index in [0.29, 0.717) is 12.3 Å². The highest BCUT2D eigenvalue weighted by Gasteiger charge is 2.39. The van der Waals surface area contributed by atoms with Crippen molar-refractivity contribution in [3.05, 3.63) is 24.3 Å². The van der Waals surface area contributed by atoms with Crippen LogP contribution in [0.25, 0.3) is 0 Å². The van der Waals surface area contributed by atoms with Crippen LogP contribution in [0.2, 0.25) is 0 Å². The number of methoxy groups -OCH3 is 1. The van der Waals surface area contributed by atoms with E-state index >= 15 is 0 Å². The van der Waals surface area contributed by atoms with Gasteiger partial charge in [-0.15, -0.1) is 0 Å². The van der Waals surface area contributed by atoms with Crippen molar-refractivity contribution in [3.63, 3.8) is 0 Å². The maximum absolute atomic E-state index is 13.0. The fourth-order valence-electron chi connectivity index (χ4n) is 4.17. The van der Waals surface area contributed by atoms with Gasteiger partial charge in [0.05, 0.1) is 25.7 Å². The molecule has 3 atom stereocenters. The van der Waals surface area contributed by atoms with Crippen molar-refractivity contribution >= 4 is 23.4 Å². The van der Waals surface area contributed by atoms with Crippen LogP contribution < -0.4 is 15.0 Å². The zero-order chi connectivity index (χ0) is 21.8. The molecule has 0 aromatic heterocycles. The van der Waals surface area contributed by atoms with Crippen LogP contribution in [-0.2, 0) is 14.4 Å². The maximum atomic E-state index is 13.0. The number of carbonyl (C=O) groups is 3. The topological polar surface area (TPSA) is 99.2 Å². The highest BCUT2D eigenvalue weighted by atomic mass is 16.5. The summed E-state index contributed by atoms with van der Waals surface area (Å²) < 4.78 is 5.15. The molecule has 0 unspecified atom stereocenters. The molecule has 8 nitrogen and oxygen atoms in total. The van der Waals surface area contributed by atoms with Gasteiger partial charge in [-0.3, -0.25) is 14.4 Å². The van der Waals surface area contributed by atoms with E-state index < -0.39 is 12.0 Å². The van der Waals surface area contributed by atoms with Gasteiger partial charge < -0.3 is 25.0 Å². The summed E-state index contributed by atoms with van der Waals surface area (Å²) in [6.07, 6.45) is 1.73. The Labute approximate surface area is 177 Å². The first-order chi connectivity index (χ1) is 14.3. The number of ether oxygens (including phenoxy) is 1. The van der Waals surface area contributed by atoms with Crippen molar-refractivity contribution in [2.45, 2.75) is 45.2 Å². The Morgan fingerprint density at radius 3 is 2.57 bits per heavy atom. The van der Waals surface area contributed by atoms with E-state index in [1.807, 2.05) is 13.8 Å². The minimum atomic E-state index is -0.671. The molecule has 3 rings (SSSR count). The quantitative estimate of drug-likeness (QED) is 0.694. The predicted molar refractivity (Wildman–Crippen MR) is 112 cm³/mol. The first-order valence-electron chi connectivity index (χ1n) is 10.5. The number of benzene rings is 1. The van der Waals surface area contributed by atoms with E-state index in [0.717, 1.165) is 18.5 Å². The zero-order valence-corrected chi connectivity index (χ0v) is 17.8. The Morgan fingerprint density at radius 2 is 1.97 bits per heavy atom. The fourth-order valence-corrected chi connectivity index (χ4v) is 4.17. The van der Waals surface area contributed by atoms with Gasteiger partial charge in [0.15, 0.2) is 0 Å². The lowest BCUT2D eigenvalue weighted by atomic mass is 10.00. The Kier molecular flexibility index (Phi) is 6.97. The molecule has 164 valence electrons. The Hall–Kier alpha value is -2.61. The minimum Gasteiger partial charge on any atom is -0.497 e. The first kappa shape index (κ1) is 22.1. The van der Waals surface area contributed by atoms with Crippen LogP contribution in [0.1, 0.15) is 33.1 Å². The first-order valence-corrected chi connectivity index (χ1v) is 10.5. The summed E-state index contributed by atoms with van der Waals surface area (Å²) in [7, 11) is 1.58. The fraction of sp³-hybridized carbons (Fsp3) is 0.591. The van der Waals surface area contributed by atoms with Crippen LogP contribution in [0.3, 0.4) is 0 Å². The van der Waals surface area contributed by atoms with Crippen LogP contribution in [-0.4, -0.2) is 66.6 Å². The third kappa shape index (κ3) is 4.59. The molecule has 2 saturated heterocycles. The summed E-state index contributed by atoms with van der Waals surface area (Å²) in [5.41, 5.74) is 0.718. The number of aliphatic hydroxyl groups is 1. The summed E-state index contributed by atoms with van der Waals surface area (Å²) in [5, 5.41) is 12.4. The third-order valence-electron chi connectivity index (χ3n) is 5.98. The van der Waals surface area contributed by atoms with Crippen molar-refractivity contribution in [1.82, 2.24) is 10.2 Å². The maximum Gasteiger partial charge on any atom is 0.245 e. The molecule has 2 heterocycles. The average Bonchev–Trinajstić information content (AvgIpc) is 3.37. The molecule has 2 aliphatic rings. The lowest BCUT2D eigenvalue weighted by Crippen LogP contribution is -2.54. The second-order valence-corrected chi connectivity index (χ2v) is 8.34. The van der Waals surface area contributed by atoms with Gasteiger partial charge >= 0.3 is 0 Å². The number of hydrogen-bond donors (Lipinski definition) is 2. The molecule has 0 saturated carbocycles. The van der Waals surface area contributed by atoms with Crippen LogP contribution in [0.5, 0.6) is 5.75 Å². The second-order valence-electron chi connectivity index (χ2n) is 8.34. The van der Waals surface area contributed by atoms with Crippen LogP contribution in [0.15, 0.2) is 24.3 Å². The number of nitrogens with zero attached hydrogens (tertiary/aromatic N) is 2. The number of carbonyl (C=O) groups excluding carboxylic acids is 3. The molecule has 3 amide bonds. The smallest absolute Gasteiger partial charge is 0.245 e. The third-order valence-corrected chi connectivity index (χ3v) is 5.98. The summed E-state index contributed by atoms with van der Waals surface area (Å²) in [4.78, 5) is 41.7. The summed E-state index contributed by atoms with van der Waals surface area (Å²) in [5.74, 6) is -0.483. The lowest BCUT2D eigenvalue weighted by molar-refractivity contribution is -0.139. The van der Waals surface area contributed by atoms with E-state index in [1.165, 1.54) is 0 Å². The largest absolute Gasteiger partial charge is 0.497 e. The molecular formula is C22H31N3O5. The van der Waals surface area contributed by atoms with Crippen molar-refractivity contribution in [2.24, 2.45) is 11.8 Å². The molecule has 0 bridgehead atoms. The summed E-state index contributed by atoms with van der Waals surface area (Å²) in [6, 6.07) is 6.28. The van der Waals surface area contributed by atoms with E-state index in [2.05, 4.69) is 5.32 Å². The molecule has 8 heteroatoms. The zero-order valence-electron chi connectivity index (χ0n) is 17.8. The number of likely N-dealkylation sites (tertiary alicyclic amines) is 1. The molecule has 2 N–H and O–H groups in total. The predicted octanol–water partition coefficient (Wildman–Crippen LogP) is 1.17. The van der Waals surface area contributed by atoms with Crippen LogP contribution in [0, 0.1) is 11.8 Å². The van der Waals surface area contributed by atoms with Gasteiger partial charge in [-0.2, -0.15) is 0 Å². The summed E-state index contributed by atoms with van der Waals surface area (Å²) >= 11 is 0. The SMILES string of the molecule is COc1ccc(N2C[C@H](C(=O)N[C@H](C(=O)N3CCC[C@H]3CO)C(C)C)CC2=O)cc1. The highest BCUT2D eigenvalue weighted by Crippen LogP contribution is 2.27. The van der Waals surface area contributed by atoms with Crippen molar-refractivity contribution in [1.29, 1.82) is 0 Å².